The van der Waals surface area contributed by atoms with Crippen LogP contribution in [0, 0.1) is 5.92 Å². The lowest BCUT2D eigenvalue weighted by molar-refractivity contribution is -0.136. The molecule has 3 aromatic heterocycles. The molecular weight excluding hydrogens is 450 g/mol. The number of fused-ring (bicyclic) bond motifs is 1. The maximum Gasteiger partial charge on any atom is 0.227 e. The largest absolute Gasteiger partial charge is 0.354 e. The lowest BCUT2D eigenvalue weighted by atomic mass is 9.96. The normalized spacial score (nSPS) is 19.1. The number of benzene rings is 1. The third kappa shape index (κ3) is 3.96. The topological polar surface area (TPSA) is 96.2 Å². The molecule has 1 aromatic carbocycles. The van der Waals surface area contributed by atoms with Gasteiger partial charge in [-0.15, -0.1) is 10.2 Å². The molecule has 6 rings (SSSR count). The number of piperazine rings is 1. The summed E-state index contributed by atoms with van der Waals surface area (Å²) in [7, 11) is 0. The van der Waals surface area contributed by atoms with Crippen LogP contribution in [0.3, 0.4) is 0 Å². The second kappa shape index (κ2) is 8.98. The molecule has 2 aliphatic rings. The van der Waals surface area contributed by atoms with Gasteiger partial charge in [-0.05, 0) is 48.6 Å². The van der Waals surface area contributed by atoms with Crippen LogP contribution in [0.25, 0.3) is 15.9 Å². The Kier molecular flexibility index (Phi) is 5.54. The molecule has 0 N–H and O–H groups in total. The van der Waals surface area contributed by atoms with Crippen molar-refractivity contribution in [1.82, 2.24) is 34.2 Å². The summed E-state index contributed by atoms with van der Waals surface area (Å²) >= 11 is 1.54. The highest BCUT2D eigenvalue weighted by Crippen LogP contribution is 2.30. The Morgan fingerprint density at radius 2 is 1.76 bits per heavy atom. The van der Waals surface area contributed by atoms with Gasteiger partial charge in [0, 0.05) is 44.7 Å². The van der Waals surface area contributed by atoms with Gasteiger partial charge in [-0.25, -0.2) is 9.67 Å². The van der Waals surface area contributed by atoms with Gasteiger partial charge < -0.3 is 14.7 Å². The fourth-order valence-corrected chi connectivity index (χ4v) is 5.62. The Morgan fingerprint density at radius 3 is 2.56 bits per heavy atom. The summed E-state index contributed by atoms with van der Waals surface area (Å²) in [6.45, 7) is 4.64. The zero-order chi connectivity index (χ0) is 22.9. The molecule has 1 atom stereocenters. The summed E-state index contributed by atoms with van der Waals surface area (Å²) in [5.74, 6) is 2.69. The smallest absolute Gasteiger partial charge is 0.227 e. The summed E-state index contributed by atoms with van der Waals surface area (Å²) in [5.41, 5.74) is 0. The van der Waals surface area contributed by atoms with Crippen LogP contribution in [0.1, 0.15) is 12.8 Å². The zero-order valence-corrected chi connectivity index (χ0v) is 19.5. The maximum atomic E-state index is 13.4. The van der Waals surface area contributed by atoms with E-state index in [9.17, 15) is 4.79 Å². The molecule has 2 fully saturated rings. The van der Waals surface area contributed by atoms with E-state index < -0.39 is 0 Å². The van der Waals surface area contributed by atoms with Crippen molar-refractivity contribution in [2.45, 2.75) is 12.8 Å². The second-order valence-electron chi connectivity index (χ2n) is 8.69. The van der Waals surface area contributed by atoms with E-state index in [2.05, 4.69) is 52.7 Å². The molecule has 174 valence electrons. The molecule has 34 heavy (non-hydrogen) atoms. The number of anilines is 2. The highest BCUT2D eigenvalue weighted by molar-refractivity contribution is 7.13. The van der Waals surface area contributed by atoms with Crippen LogP contribution in [0.15, 0.2) is 49.1 Å². The minimum atomic E-state index is -0.0165. The number of nitrogens with zero attached hydrogens (tertiary/aromatic N) is 9. The number of rotatable bonds is 4. The summed E-state index contributed by atoms with van der Waals surface area (Å²) in [4.78, 5) is 23.8. The van der Waals surface area contributed by atoms with E-state index in [4.69, 9.17) is 0 Å². The van der Waals surface area contributed by atoms with Gasteiger partial charge in [0.1, 0.15) is 18.5 Å². The van der Waals surface area contributed by atoms with E-state index >= 15 is 0 Å². The molecule has 0 radical (unpaired) electrons. The molecule has 11 heteroatoms. The fourth-order valence-electron chi connectivity index (χ4n) is 4.82. The third-order valence-electron chi connectivity index (χ3n) is 6.63. The van der Waals surface area contributed by atoms with Gasteiger partial charge in [-0.3, -0.25) is 4.79 Å². The molecule has 1 amide bonds. The SMILES string of the molecule is O=C(C1CCCN(c2ccc(-n3cncn3)nn2)C1)N1CCN(c2nsc3ccccc23)CC1. The number of carbonyl (C=O) groups is 1. The Balaban J connectivity index is 1.08. The van der Waals surface area contributed by atoms with Gasteiger partial charge in [0.05, 0.1) is 10.6 Å². The minimum Gasteiger partial charge on any atom is -0.354 e. The molecule has 2 aliphatic heterocycles. The van der Waals surface area contributed by atoms with Gasteiger partial charge >= 0.3 is 0 Å². The molecule has 4 aromatic rings. The molecule has 10 nitrogen and oxygen atoms in total. The number of aromatic nitrogens is 6. The molecular formula is C23H25N9OS. The number of amides is 1. The predicted octanol–water partition coefficient (Wildman–Crippen LogP) is 2.23. The van der Waals surface area contributed by atoms with Gasteiger partial charge in [-0.2, -0.15) is 9.47 Å². The van der Waals surface area contributed by atoms with Gasteiger partial charge in [-0.1, -0.05) is 12.1 Å². The van der Waals surface area contributed by atoms with Crippen molar-refractivity contribution in [3.05, 3.63) is 49.1 Å². The first-order valence-corrected chi connectivity index (χ1v) is 12.4. The van der Waals surface area contributed by atoms with E-state index in [-0.39, 0.29) is 11.8 Å². The van der Waals surface area contributed by atoms with Crippen LogP contribution >= 0.6 is 11.5 Å². The summed E-state index contributed by atoms with van der Waals surface area (Å²) in [6, 6.07) is 12.2. The van der Waals surface area contributed by atoms with Crippen molar-refractivity contribution in [1.29, 1.82) is 0 Å². The van der Waals surface area contributed by atoms with Gasteiger partial charge in [0.2, 0.25) is 5.91 Å². The van der Waals surface area contributed by atoms with Crippen molar-refractivity contribution in [3.63, 3.8) is 0 Å². The predicted molar refractivity (Wildman–Crippen MR) is 130 cm³/mol. The Bertz CT molecular complexity index is 1270. The summed E-state index contributed by atoms with van der Waals surface area (Å²) in [6.07, 6.45) is 4.94. The lowest BCUT2D eigenvalue weighted by Gasteiger charge is -2.39. The van der Waals surface area contributed by atoms with Crippen LogP contribution in [-0.2, 0) is 4.79 Å². The van der Waals surface area contributed by atoms with Crippen molar-refractivity contribution in [2.24, 2.45) is 5.92 Å². The molecule has 1 unspecified atom stereocenters. The summed E-state index contributed by atoms with van der Waals surface area (Å²) < 4.78 is 7.46. The molecule has 5 heterocycles. The van der Waals surface area contributed by atoms with Crippen molar-refractivity contribution < 1.29 is 4.79 Å². The van der Waals surface area contributed by atoms with E-state index in [1.165, 1.54) is 27.9 Å². The number of hydrogen-bond donors (Lipinski definition) is 0. The highest BCUT2D eigenvalue weighted by Gasteiger charge is 2.32. The van der Waals surface area contributed by atoms with Crippen LogP contribution < -0.4 is 9.80 Å². The molecule has 0 bridgehead atoms. The first-order chi connectivity index (χ1) is 16.8. The van der Waals surface area contributed by atoms with Crippen molar-refractivity contribution in [2.75, 3.05) is 49.1 Å². The monoisotopic (exact) mass is 475 g/mol. The highest BCUT2D eigenvalue weighted by atomic mass is 32.1. The van der Waals surface area contributed by atoms with Crippen LogP contribution in [0.4, 0.5) is 11.6 Å². The van der Waals surface area contributed by atoms with Crippen LogP contribution in [0.2, 0.25) is 0 Å². The van der Waals surface area contributed by atoms with E-state index in [1.807, 2.05) is 23.1 Å². The van der Waals surface area contributed by atoms with E-state index in [1.54, 1.807) is 11.0 Å². The van der Waals surface area contributed by atoms with Gasteiger partial charge in [0.25, 0.3) is 0 Å². The Hall–Kier alpha value is -3.60. The van der Waals surface area contributed by atoms with E-state index in [0.717, 1.165) is 57.2 Å². The molecule has 0 aliphatic carbocycles. The Labute approximate surface area is 201 Å². The lowest BCUT2D eigenvalue weighted by Crippen LogP contribution is -2.52. The van der Waals surface area contributed by atoms with Crippen molar-refractivity contribution in [3.8, 4) is 5.82 Å². The average Bonchev–Trinajstić information content (AvgIpc) is 3.59. The standard InChI is InChI=1S/C23H25N9OS/c33-23(30-12-10-29(11-13-30)22-18-5-1-2-6-19(18)34-28-22)17-4-3-9-31(14-17)20-7-8-21(27-26-20)32-16-24-15-25-32/h1-2,5-8,15-17H,3-4,9-14H2. The van der Waals surface area contributed by atoms with Crippen LogP contribution in [0.5, 0.6) is 0 Å². The van der Waals surface area contributed by atoms with Gasteiger partial charge in [0.15, 0.2) is 11.6 Å². The second-order valence-corrected chi connectivity index (χ2v) is 9.49. The fraction of sp³-hybridized carbons (Fsp3) is 0.391. The Morgan fingerprint density at radius 1 is 0.941 bits per heavy atom. The molecule has 0 spiro atoms. The average molecular weight is 476 g/mol. The number of piperidine rings is 1. The first kappa shape index (κ1) is 21.0. The quantitative estimate of drug-likeness (QED) is 0.443. The zero-order valence-electron chi connectivity index (χ0n) is 18.7. The van der Waals surface area contributed by atoms with E-state index in [0.29, 0.717) is 12.4 Å². The van der Waals surface area contributed by atoms with Crippen molar-refractivity contribution >= 4 is 39.2 Å². The molecule has 0 saturated carbocycles. The number of hydrogen-bond acceptors (Lipinski definition) is 9. The number of carbonyl (C=O) groups excluding carboxylic acids is 1. The first-order valence-electron chi connectivity index (χ1n) is 11.6. The molecule has 2 saturated heterocycles. The minimum absolute atomic E-state index is 0.0165. The van der Waals surface area contributed by atoms with Crippen LogP contribution in [-0.4, -0.2) is 79.4 Å². The maximum absolute atomic E-state index is 13.4. The summed E-state index contributed by atoms with van der Waals surface area (Å²) in [5, 5.41) is 13.9. The third-order valence-corrected chi connectivity index (χ3v) is 7.45.